The van der Waals surface area contributed by atoms with Crippen LogP contribution in [-0.4, -0.2) is 17.9 Å². The van der Waals surface area contributed by atoms with Gasteiger partial charge in [0, 0.05) is 5.92 Å². The van der Waals surface area contributed by atoms with Crippen LogP contribution in [0, 0.1) is 11.8 Å². The van der Waals surface area contributed by atoms with E-state index in [1.54, 1.807) is 20.8 Å². The second kappa shape index (κ2) is 7.20. The minimum absolute atomic E-state index is 0.0949. The van der Waals surface area contributed by atoms with Gasteiger partial charge in [0.15, 0.2) is 5.78 Å². The Balaban J connectivity index is 4.10. The molecule has 92 valence electrons. The van der Waals surface area contributed by atoms with Crippen LogP contribution in [-0.2, 0) is 14.3 Å². The Hall–Kier alpha value is -1.12. The van der Waals surface area contributed by atoms with Gasteiger partial charge in [-0.3, -0.25) is 9.59 Å². The lowest BCUT2D eigenvalue weighted by Crippen LogP contribution is -2.18. The van der Waals surface area contributed by atoms with Gasteiger partial charge in [0.25, 0.3) is 0 Å². The maximum absolute atomic E-state index is 11.6. The summed E-state index contributed by atoms with van der Waals surface area (Å²) in [5.41, 5.74) is 0. The lowest BCUT2D eigenvalue weighted by atomic mass is 10.0. The maximum Gasteiger partial charge on any atom is 0.313 e. The molecule has 0 radical (unpaired) electrons. The molecule has 0 heterocycles. The molecule has 0 aromatic carbocycles. The van der Waals surface area contributed by atoms with E-state index in [-0.39, 0.29) is 24.2 Å². The first-order valence-corrected chi connectivity index (χ1v) is 5.73. The molecule has 3 heteroatoms. The van der Waals surface area contributed by atoms with Crippen LogP contribution in [0.2, 0.25) is 0 Å². The van der Waals surface area contributed by atoms with E-state index in [2.05, 4.69) is 0 Å². The highest BCUT2D eigenvalue weighted by Crippen LogP contribution is 2.07. The summed E-state index contributed by atoms with van der Waals surface area (Å²) in [5.74, 6) is -0.340. The second-order valence-electron chi connectivity index (χ2n) is 4.60. The average Bonchev–Trinajstić information content (AvgIpc) is 2.12. The number of carbonyl (C=O) groups is 2. The van der Waals surface area contributed by atoms with Crippen molar-refractivity contribution in [2.24, 2.45) is 11.8 Å². The highest BCUT2D eigenvalue weighted by Gasteiger charge is 2.16. The monoisotopic (exact) mass is 226 g/mol. The van der Waals surface area contributed by atoms with Gasteiger partial charge in [-0.25, -0.2) is 0 Å². The van der Waals surface area contributed by atoms with Crippen molar-refractivity contribution in [3.63, 3.8) is 0 Å². The number of ketones is 1. The van der Waals surface area contributed by atoms with Crippen LogP contribution in [0.3, 0.4) is 0 Å². The van der Waals surface area contributed by atoms with Crippen LogP contribution >= 0.6 is 0 Å². The Morgan fingerprint density at radius 1 is 1.06 bits per heavy atom. The third kappa shape index (κ3) is 7.21. The molecule has 0 aromatic rings. The van der Waals surface area contributed by atoms with Crippen LogP contribution in [0.4, 0.5) is 0 Å². The van der Waals surface area contributed by atoms with E-state index < -0.39 is 5.97 Å². The Labute approximate surface area is 97.9 Å². The minimum atomic E-state index is -0.440. The number of allylic oxidation sites excluding steroid dienone is 2. The summed E-state index contributed by atoms with van der Waals surface area (Å²) in [7, 11) is 0. The third-order valence-electron chi connectivity index (χ3n) is 1.98. The number of hydrogen-bond donors (Lipinski definition) is 0. The summed E-state index contributed by atoms with van der Waals surface area (Å²) in [5, 5.41) is 0. The van der Waals surface area contributed by atoms with E-state index in [9.17, 15) is 9.59 Å². The van der Waals surface area contributed by atoms with Gasteiger partial charge in [-0.05, 0) is 19.8 Å². The van der Waals surface area contributed by atoms with Crippen LogP contribution in [0.5, 0.6) is 0 Å². The standard InChI is InChI=1S/C13H22O3/c1-9(2)6-7-11(5)12(14)8-13(15)16-10(3)4/h6-7,9-11H,8H2,1-5H3. The molecule has 0 saturated carbocycles. The van der Waals surface area contributed by atoms with Gasteiger partial charge >= 0.3 is 5.97 Å². The fourth-order valence-electron chi connectivity index (χ4n) is 1.10. The zero-order valence-corrected chi connectivity index (χ0v) is 10.8. The minimum Gasteiger partial charge on any atom is -0.463 e. The fraction of sp³-hybridized carbons (Fsp3) is 0.692. The average molecular weight is 226 g/mol. The lowest BCUT2D eigenvalue weighted by Gasteiger charge is -2.09. The van der Waals surface area contributed by atoms with Crippen molar-refractivity contribution in [2.75, 3.05) is 0 Å². The molecule has 0 fully saturated rings. The smallest absolute Gasteiger partial charge is 0.313 e. The summed E-state index contributed by atoms with van der Waals surface area (Å²) in [6.07, 6.45) is 3.51. The van der Waals surface area contributed by atoms with Crippen molar-refractivity contribution < 1.29 is 14.3 Å². The topological polar surface area (TPSA) is 43.4 Å². The van der Waals surface area contributed by atoms with E-state index in [0.717, 1.165) is 0 Å². The molecule has 1 atom stereocenters. The largest absolute Gasteiger partial charge is 0.463 e. The van der Waals surface area contributed by atoms with Gasteiger partial charge in [-0.2, -0.15) is 0 Å². The van der Waals surface area contributed by atoms with Gasteiger partial charge in [0.2, 0.25) is 0 Å². The molecule has 0 N–H and O–H groups in total. The molecule has 16 heavy (non-hydrogen) atoms. The zero-order valence-electron chi connectivity index (χ0n) is 10.8. The van der Waals surface area contributed by atoms with Crippen molar-refractivity contribution >= 4 is 11.8 Å². The molecule has 0 spiro atoms. The number of carbonyl (C=O) groups excluding carboxylic acids is 2. The highest BCUT2D eigenvalue weighted by atomic mass is 16.5. The number of rotatable bonds is 6. The van der Waals surface area contributed by atoms with Crippen LogP contribution in [0.25, 0.3) is 0 Å². The summed E-state index contributed by atoms with van der Waals surface area (Å²) in [4.78, 5) is 22.8. The van der Waals surface area contributed by atoms with E-state index in [1.807, 2.05) is 26.0 Å². The SMILES string of the molecule is CC(C)C=CC(C)C(=O)CC(=O)OC(C)C. The Morgan fingerprint density at radius 3 is 2.06 bits per heavy atom. The molecule has 3 nitrogen and oxygen atoms in total. The Bertz CT molecular complexity index is 264. The first-order valence-electron chi connectivity index (χ1n) is 5.73. The molecule has 0 amide bonds. The van der Waals surface area contributed by atoms with E-state index in [4.69, 9.17) is 4.74 Å². The summed E-state index contributed by atoms with van der Waals surface area (Å²) < 4.78 is 4.91. The number of ether oxygens (including phenoxy) is 1. The van der Waals surface area contributed by atoms with E-state index >= 15 is 0 Å². The van der Waals surface area contributed by atoms with Gasteiger partial charge in [0.05, 0.1) is 6.10 Å². The maximum atomic E-state index is 11.6. The van der Waals surface area contributed by atoms with Gasteiger partial charge < -0.3 is 4.74 Å². The van der Waals surface area contributed by atoms with Crippen LogP contribution in [0.1, 0.15) is 41.0 Å². The van der Waals surface area contributed by atoms with Crippen molar-refractivity contribution in [3.8, 4) is 0 Å². The third-order valence-corrected chi connectivity index (χ3v) is 1.98. The molecule has 0 aliphatic heterocycles. The molecule has 0 rings (SSSR count). The molecule has 0 bridgehead atoms. The van der Waals surface area contributed by atoms with Crippen molar-refractivity contribution in [3.05, 3.63) is 12.2 Å². The Morgan fingerprint density at radius 2 is 1.62 bits per heavy atom. The summed E-state index contributed by atoms with van der Waals surface area (Å²) in [6, 6.07) is 0. The van der Waals surface area contributed by atoms with E-state index in [0.29, 0.717) is 5.92 Å². The van der Waals surface area contributed by atoms with Crippen molar-refractivity contribution in [2.45, 2.75) is 47.1 Å². The van der Waals surface area contributed by atoms with E-state index in [1.165, 1.54) is 0 Å². The van der Waals surface area contributed by atoms with Crippen molar-refractivity contribution in [1.29, 1.82) is 0 Å². The number of Topliss-reactive ketones (excluding diaryl/α,β-unsaturated/α-hetero) is 1. The van der Waals surface area contributed by atoms with Crippen molar-refractivity contribution in [1.82, 2.24) is 0 Å². The lowest BCUT2D eigenvalue weighted by molar-refractivity contribution is -0.149. The number of hydrogen-bond acceptors (Lipinski definition) is 3. The molecule has 0 saturated heterocycles. The predicted octanol–water partition coefficient (Wildman–Crippen LogP) is 2.75. The molecule has 0 aliphatic carbocycles. The second-order valence-corrected chi connectivity index (χ2v) is 4.60. The highest BCUT2D eigenvalue weighted by molar-refractivity contribution is 5.97. The predicted molar refractivity (Wildman–Crippen MR) is 64.0 cm³/mol. The van der Waals surface area contributed by atoms with Crippen LogP contribution in [0.15, 0.2) is 12.2 Å². The number of esters is 1. The quantitative estimate of drug-likeness (QED) is 0.397. The van der Waals surface area contributed by atoms with Gasteiger partial charge in [-0.1, -0.05) is 32.9 Å². The van der Waals surface area contributed by atoms with Gasteiger partial charge in [0.1, 0.15) is 6.42 Å². The van der Waals surface area contributed by atoms with Gasteiger partial charge in [-0.15, -0.1) is 0 Å². The molecular formula is C13H22O3. The fourth-order valence-corrected chi connectivity index (χ4v) is 1.10. The zero-order chi connectivity index (χ0) is 12.7. The Kier molecular flexibility index (Phi) is 6.70. The summed E-state index contributed by atoms with van der Waals surface area (Å²) in [6.45, 7) is 9.42. The molecular weight excluding hydrogens is 204 g/mol. The molecule has 1 unspecified atom stereocenters. The first-order chi connectivity index (χ1) is 7.32. The molecule has 0 aromatic heterocycles. The first kappa shape index (κ1) is 14.9. The summed E-state index contributed by atoms with van der Waals surface area (Å²) >= 11 is 0. The normalized spacial score (nSPS) is 13.4. The molecule has 0 aliphatic rings. The van der Waals surface area contributed by atoms with Crippen LogP contribution < -0.4 is 0 Å².